The summed E-state index contributed by atoms with van der Waals surface area (Å²) >= 11 is 0. The van der Waals surface area contributed by atoms with Gasteiger partial charge >= 0.3 is 0 Å². The number of ether oxygens (including phenoxy) is 1. The minimum atomic E-state index is -0.388. The van der Waals surface area contributed by atoms with Crippen LogP contribution in [0.5, 0.6) is 0 Å². The smallest absolute Gasteiger partial charge is 0.270 e. The number of aromatic nitrogens is 2. The van der Waals surface area contributed by atoms with Crippen LogP contribution in [-0.4, -0.2) is 65.7 Å². The number of anilines is 1. The van der Waals surface area contributed by atoms with Crippen molar-refractivity contribution in [3.63, 3.8) is 0 Å². The van der Waals surface area contributed by atoms with Crippen molar-refractivity contribution in [2.24, 2.45) is 5.92 Å². The minimum Gasteiger partial charge on any atom is -0.379 e. The maximum absolute atomic E-state index is 11.1. The van der Waals surface area contributed by atoms with E-state index in [1.54, 1.807) is 6.07 Å². The Morgan fingerprint density at radius 1 is 1.21 bits per heavy atom. The van der Waals surface area contributed by atoms with E-state index in [0.717, 1.165) is 63.9 Å². The number of nitro benzene ring substituents is 1. The van der Waals surface area contributed by atoms with Crippen LogP contribution in [0.15, 0.2) is 30.3 Å². The molecule has 2 aliphatic rings. The molecule has 2 aromatic rings. The molecule has 2 aliphatic heterocycles. The van der Waals surface area contributed by atoms with Gasteiger partial charge in [-0.15, -0.1) is 0 Å². The zero-order valence-electron chi connectivity index (χ0n) is 16.8. The Kier molecular flexibility index (Phi) is 6.01. The molecule has 8 heteroatoms. The predicted molar refractivity (Wildman–Crippen MR) is 111 cm³/mol. The van der Waals surface area contributed by atoms with E-state index in [1.807, 2.05) is 19.1 Å². The zero-order chi connectivity index (χ0) is 20.2. The molecule has 0 amide bonds. The van der Waals surface area contributed by atoms with E-state index >= 15 is 0 Å². The molecule has 0 radical (unpaired) electrons. The summed E-state index contributed by atoms with van der Waals surface area (Å²) in [5.74, 6) is 2.06. The molecule has 0 saturated carbocycles. The first-order chi connectivity index (χ1) is 14.1. The van der Waals surface area contributed by atoms with E-state index < -0.39 is 0 Å². The lowest BCUT2D eigenvalue weighted by Crippen LogP contribution is -2.44. The highest BCUT2D eigenvalue weighted by Crippen LogP contribution is 2.27. The Bertz CT molecular complexity index is 869. The fourth-order valence-corrected chi connectivity index (χ4v) is 4.17. The second kappa shape index (κ2) is 8.84. The number of benzene rings is 1. The summed E-state index contributed by atoms with van der Waals surface area (Å²) in [7, 11) is 0. The average Bonchev–Trinajstić information content (AvgIpc) is 2.74. The molecule has 3 heterocycles. The first kappa shape index (κ1) is 19.7. The Balaban J connectivity index is 1.52. The summed E-state index contributed by atoms with van der Waals surface area (Å²) in [6, 6.07) is 8.54. The molecule has 2 saturated heterocycles. The van der Waals surface area contributed by atoms with Gasteiger partial charge in [0, 0.05) is 62.2 Å². The summed E-state index contributed by atoms with van der Waals surface area (Å²) in [6.45, 7) is 8.68. The third kappa shape index (κ3) is 4.89. The first-order valence-electron chi connectivity index (χ1n) is 10.2. The van der Waals surface area contributed by atoms with Crippen LogP contribution in [0.1, 0.15) is 18.5 Å². The number of rotatable bonds is 5. The predicted octanol–water partition coefficient (Wildman–Crippen LogP) is 2.91. The van der Waals surface area contributed by atoms with E-state index in [4.69, 9.17) is 9.72 Å². The largest absolute Gasteiger partial charge is 0.379 e. The van der Waals surface area contributed by atoms with Crippen LogP contribution in [0.4, 0.5) is 11.5 Å². The number of hydrogen-bond acceptors (Lipinski definition) is 7. The minimum absolute atomic E-state index is 0.0534. The lowest BCUT2D eigenvalue weighted by Gasteiger charge is -2.37. The molecular formula is C21H27N5O3. The van der Waals surface area contributed by atoms with Crippen LogP contribution in [-0.2, 0) is 4.74 Å². The molecule has 2 fully saturated rings. The first-order valence-corrected chi connectivity index (χ1v) is 10.2. The van der Waals surface area contributed by atoms with Gasteiger partial charge < -0.3 is 9.64 Å². The van der Waals surface area contributed by atoms with Crippen LogP contribution in [0.25, 0.3) is 11.4 Å². The van der Waals surface area contributed by atoms with Crippen molar-refractivity contribution in [2.45, 2.75) is 19.8 Å². The summed E-state index contributed by atoms with van der Waals surface area (Å²) in [6.07, 6.45) is 2.37. The third-order valence-corrected chi connectivity index (χ3v) is 5.62. The number of hydrogen-bond donors (Lipinski definition) is 0. The Hall–Kier alpha value is -2.58. The lowest BCUT2D eigenvalue weighted by molar-refractivity contribution is -0.384. The molecule has 4 rings (SSSR count). The number of non-ortho nitro benzene ring substituents is 1. The van der Waals surface area contributed by atoms with Gasteiger partial charge in [-0.3, -0.25) is 15.0 Å². The quantitative estimate of drug-likeness (QED) is 0.566. The van der Waals surface area contributed by atoms with E-state index in [2.05, 4.69) is 14.8 Å². The summed E-state index contributed by atoms with van der Waals surface area (Å²) in [5.41, 5.74) is 1.59. The molecule has 29 heavy (non-hydrogen) atoms. The van der Waals surface area contributed by atoms with E-state index in [1.165, 1.54) is 18.6 Å². The molecule has 1 aromatic carbocycles. The van der Waals surface area contributed by atoms with Gasteiger partial charge in [-0.2, -0.15) is 0 Å². The van der Waals surface area contributed by atoms with E-state index in [-0.39, 0.29) is 10.6 Å². The van der Waals surface area contributed by atoms with Crippen molar-refractivity contribution in [3.8, 4) is 11.4 Å². The summed E-state index contributed by atoms with van der Waals surface area (Å²) in [5, 5.41) is 11.1. The number of piperidine rings is 1. The van der Waals surface area contributed by atoms with Crippen molar-refractivity contribution < 1.29 is 9.66 Å². The molecule has 154 valence electrons. The number of nitro groups is 1. The average molecular weight is 397 g/mol. The van der Waals surface area contributed by atoms with Crippen LogP contribution >= 0.6 is 0 Å². The van der Waals surface area contributed by atoms with Gasteiger partial charge in [0.25, 0.3) is 5.69 Å². The third-order valence-electron chi connectivity index (χ3n) is 5.62. The number of aryl methyl sites for hydroxylation is 1. The molecular weight excluding hydrogens is 370 g/mol. The Morgan fingerprint density at radius 3 is 2.83 bits per heavy atom. The van der Waals surface area contributed by atoms with Gasteiger partial charge in [0.05, 0.1) is 18.1 Å². The normalized spacial score (nSPS) is 20.6. The lowest BCUT2D eigenvalue weighted by atomic mass is 9.97. The SMILES string of the molecule is Cc1cc(N2CCCC(CN3CCOCC3)C2)nc(-c2cccc([N+](=O)[O-])c2)n1. The summed E-state index contributed by atoms with van der Waals surface area (Å²) < 4.78 is 5.46. The fraction of sp³-hybridized carbons (Fsp3) is 0.524. The zero-order valence-corrected chi connectivity index (χ0v) is 16.8. The number of morpholine rings is 1. The second-order valence-corrected chi connectivity index (χ2v) is 7.87. The maximum Gasteiger partial charge on any atom is 0.270 e. The van der Waals surface area contributed by atoms with Crippen molar-refractivity contribution >= 4 is 11.5 Å². The van der Waals surface area contributed by atoms with Crippen molar-refractivity contribution in [1.29, 1.82) is 0 Å². The fourth-order valence-electron chi connectivity index (χ4n) is 4.17. The van der Waals surface area contributed by atoms with Gasteiger partial charge in [0.15, 0.2) is 5.82 Å². The van der Waals surface area contributed by atoms with Gasteiger partial charge in [0.2, 0.25) is 0 Å². The van der Waals surface area contributed by atoms with Gasteiger partial charge in [-0.1, -0.05) is 12.1 Å². The summed E-state index contributed by atoms with van der Waals surface area (Å²) in [4.78, 5) is 24.9. The van der Waals surface area contributed by atoms with Crippen molar-refractivity contribution in [3.05, 3.63) is 46.1 Å². The molecule has 8 nitrogen and oxygen atoms in total. The molecule has 1 atom stereocenters. The Labute approximate surface area is 170 Å². The molecule has 0 N–H and O–H groups in total. The van der Waals surface area contributed by atoms with Gasteiger partial charge in [0.1, 0.15) is 5.82 Å². The highest BCUT2D eigenvalue weighted by atomic mass is 16.6. The van der Waals surface area contributed by atoms with Crippen LogP contribution in [0, 0.1) is 23.0 Å². The van der Waals surface area contributed by atoms with Gasteiger partial charge in [-0.25, -0.2) is 9.97 Å². The standard InChI is InChI=1S/C21H27N5O3/c1-16-12-20(23-21(22-16)18-5-2-6-19(13-18)26(27)28)25-7-3-4-17(15-25)14-24-8-10-29-11-9-24/h2,5-6,12-13,17H,3-4,7-11,14-15H2,1H3. The van der Waals surface area contributed by atoms with Gasteiger partial charge in [-0.05, 0) is 25.7 Å². The second-order valence-electron chi connectivity index (χ2n) is 7.87. The molecule has 1 unspecified atom stereocenters. The number of nitrogens with zero attached hydrogens (tertiary/aromatic N) is 5. The molecule has 0 spiro atoms. The highest BCUT2D eigenvalue weighted by molar-refractivity contribution is 5.61. The van der Waals surface area contributed by atoms with Crippen LogP contribution in [0.2, 0.25) is 0 Å². The molecule has 1 aromatic heterocycles. The van der Waals surface area contributed by atoms with Crippen LogP contribution < -0.4 is 4.90 Å². The van der Waals surface area contributed by atoms with Crippen molar-refractivity contribution in [2.75, 3.05) is 50.8 Å². The molecule has 0 aliphatic carbocycles. The Morgan fingerprint density at radius 2 is 2.03 bits per heavy atom. The molecule has 0 bridgehead atoms. The monoisotopic (exact) mass is 397 g/mol. The van der Waals surface area contributed by atoms with E-state index in [0.29, 0.717) is 17.3 Å². The van der Waals surface area contributed by atoms with Crippen molar-refractivity contribution in [1.82, 2.24) is 14.9 Å². The van der Waals surface area contributed by atoms with Crippen LogP contribution in [0.3, 0.4) is 0 Å². The maximum atomic E-state index is 11.1. The topological polar surface area (TPSA) is 84.6 Å². The van der Waals surface area contributed by atoms with E-state index in [9.17, 15) is 10.1 Å². The highest BCUT2D eigenvalue weighted by Gasteiger charge is 2.24.